The number of carbonyl (C=O) groups excluding carboxylic acids is 3. The standard InChI is InChI=1S/C29H28FN7O2.C28H26FN7O2.C27H26FN7O2/c1-18-16-22-23(37(18)29(38)19-4-5-19)10-11-24(25(22)30)39-28-26(31-2)27(32-17-33-28)34-20-6-8-21(9-7-20)36-14-12-35(3)13-15-36;1-17-15-21-22(36(17)28(37)18-3-4-18)9-10-23(24(21)29)38-27-25(30-2)26(32-16-33-27)34-19-5-7-20(8-6-19)35-13-11-31-12-14-35;1-4-23(36)35-17(2)15-20-21(35)9-10-22(24(20)28)37-27-25(29-3)26(31-16-32-27)33-18-5-7-19(8-6-18)34-13-11-30-12-14-34/h6-11,16-17,19H,4-5,12-15H2,1,3H3,(H,32,33,34);5-10,15-16,18,31H,3-4,11-14H2,1H3,(H,32,33,34);5-10,15-16,30H,4,11-14H2,1-2H3,(H,31,32,33). The second kappa shape index (κ2) is 33.2. The minimum Gasteiger partial charge on any atom is -0.446 e. The van der Waals surface area contributed by atoms with Gasteiger partial charge in [0.25, 0.3) is 17.1 Å². The van der Waals surface area contributed by atoms with Gasteiger partial charge in [-0.25, -0.2) is 57.6 Å². The van der Waals surface area contributed by atoms with Crippen LogP contribution in [0.4, 0.5) is 81.8 Å². The quantitative estimate of drug-likeness (QED) is 0.0500. The number of fused-ring (bicyclic) bond motifs is 3. The molecule has 6 aromatic carbocycles. The molecule has 0 amide bonds. The van der Waals surface area contributed by atoms with E-state index in [9.17, 15) is 14.4 Å². The molecule has 3 saturated heterocycles. The fourth-order valence-corrected chi connectivity index (χ4v) is 14.2. The summed E-state index contributed by atoms with van der Waals surface area (Å²) in [6.07, 6.45) is 7.57. The van der Waals surface area contributed by atoms with E-state index >= 15 is 13.2 Å². The third-order valence-corrected chi connectivity index (χ3v) is 20.6. The van der Waals surface area contributed by atoms with Gasteiger partial charge in [-0.3, -0.25) is 28.1 Å². The minimum atomic E-state index is -0.629. The highest BCUT2D eigenvalue weighted by molar-refractivity contribution is 5.98. The monoisotopic (exact) mass is 1540 g/mol. The minimum absolute atomic E-state index is 0.00561. The van der Waals surface area contributed by atoms with Crippen LogP contribution in [0.5, 0.6) is 34.9 Å². The number of nitrogens with zero attached hydrogens (tertiary/aromatic N) is 16. The Balaban J connectivity index is 0.000000135. The van der Waals surface area contributed by atoms with Crippen molar-refractivity contribution < 1.29 is 41.8 Å². The van der Waals surface area contributed by atoms with E-state index in [4.69, 9.17) is 33.9 Å². The largest absolute Gasteiger partial charge is 0.446 e. The zero-order valence-corrected chi connectivity index (χ0v) is 63.3. The number of anilines is 9. The fraction of sp³-hybridized carbons (Fsp3) is 0.286. The van der Waals surface area contributed by atoms with Crippen LogP contribution in [0.1, 0.15) is 70.5 Å². The smallest absolute Gasteiger partial charge is 0.288 e. The summed E-state index contributed by atoms with van der Waals surface area (Å²) in [7, 11) is 2.13. The summed E-state index contributed by atoms with van der Waals surface area (Å²) in [4.78, 5) is 82.6. The van der Waals surface area contributed by atoms with Gasteiger partial charge in [-0.05, 0) is 181 Å². The number of aryl methyl sites for hydroxylation is 3. The highest BCUT2D eigenvalue weighted by atomic mass is 19.1. The number of piperazine rings is 3. The lowest BCUT2D eigenvalue weighted by Gasteiger charge is -2.34. The number of likely N-dealkylation sites (N-methyl/N-ethyl adjacent to an activating group) is 1. The van der Waals surface area contributed by atoms with E-state index in [1.54, 1.807) is 73.2 Å². The predicted octanol–water partition coefficient (Wildman–Crippen LogP) is 16.6. The topological polar surface area (TPSA) is 257 Å². The maximum absolute atomic E-state index is 15.5. The molecular formula is C84H80F3N21O6. The second-order valence-electron chi connectivity index (χ2n) is 28.3. The molecule has 0 radical (unpaired) electrons. The molecule has 17 rings (SSSR count). The van der Waals surface area contributed by atoms with Crippen molar-refractivity contribution in [3.05, 3.63) is 215 Å². The highest BCUT2D eigenvalue weighted by Crippen LogP contribution is 2.44. The van der Waals surface area contributed by atoms with Crippen LogP contribution in [0.15, 0.2) is 146 Å². The zero-order valence-electron chi connectivity index (χ0n) is 63.3. The first-order valence-corrected chi connectivity index (χ1v) is 37.7. The Morgan fingerprint density at radius 3 is 1.05 bits per heavy atom. The molecule has 0 spiro atoms. The third-order valence-electron chi connectivity index (χ3n) is 20.6. The second-order valence-corrected chi connectivity index (χ2v) is 28.3. The van der Waals surface area contributed by atoms with Crippen LogP contribution in [0, 0.1) is 69.8 Å². The normalized spacial score (nSPS) is 14.9. The molecule has 114 heavy (non-hydrogen) atoms. The lowest BCUT2D eigenvalue weighted by Crippen LogP contribution is -2.44. The first-order chi connectivity index (χ1) is 55.4. The van der Waals surface area contributed by atoms with Gasteiger partial charge in [0.2, 0.25) is 35.4 Å². The van der Waals surface area contributed by atoms with Gasteiger partial charge in [-0.15, -0.1) is 0 Å². The van der Waals surface area contributed by atoms with E-state index in [1.807, 2.05) is 72.8 Å². The molecule has 3 aliphatic heterocycles. The predicted molar refractivity (Wildman–Crippen MR) is 432 cm³/mol. The van der Waals surface area contributed by atoms with Crippen molar-refractivity contribution in [3.63, 3.8) is 0 Å². The molecule has 5 aliphatic rings. The van der Waals surface area contributed by atoms with Crippen molar-refractivity contribution in [1.82, 2.24) is 59.1 Å². The fourth-order valence-electron chi connectivity index (χ4n) is 14.2. The molecule has 30 heteroatoms. The molecule has 9 heterocycles. The Labute approximate surface area is 654 Å². The number of rotatable bonds is 18. The number of halogens is 3. The van der Waals surface area contributed by atoms with Crippen molar-refractivity contribution in [2.45, 2.75) is 59.8 Å². The van der Waals surface area contributed by atoms with Crippen LogP contribution in [-0.2, 0) is 0 Å². The summed E-state index contributed by atoms with van der Waals surface area (Å²) < 4.78 is 68.5. The number of ether oxygens (including phenoxy) is 3. The van der Waals surface area contributed by atoms with Gasteiger partial charge >= 0.3 is 0 Å². The Hall–Kier alpha value is -13.5. The van der Waals surface area contributed by atoms with Crippen molar-refractivity contribution >= 4 is 119 Å². The average Bonchev–Trinajstić information content (AvgIpc) is 1.61. The van der Waals surface area contributed by atoms with E-state index in [0.717, 1.165) is 138 Å². The van der Waals surface area contributed by atoms with Crippen LogP contribution in [0.25, 0.3) is 47.2 Å². The van der Waals surface area contributed by atoms with Crippen molar-refractivity contribution in [2.75, 3.05) is 116 Å². The summed E-state index contributed by atoms with van der Waals surface area (Å²) in [5.41, 5.74) is 9.21. The van der Waals surface area contributed by atoms with Gasteiger partial charge in [0, 0.05) is 164 Å². The molecule has 6 aromatic heterocycles. The summed E-state index contributed by atoms with van der Waals surface area (Å²) in [5, 5.41) is 17.0. The van der Waals surface area contributed by atoms with Gasteiger partial charge in [0.15, 0.2) is 34.7 Å². The molecule has 578 valence electrons. The summed E-state index contributed by atoms with van der Waals surface area (Å²) in [6, 6.07) is 38.0. The number of hydrogen-bond acceptors (Lipinski definition) is 21. The van der Waals surface area contributed by atoms with Gasteiger partial charge in [-0.1, -0.05) is 6.92 Å². The van der Waals surface area contributed by atoms with E-state index < -0.39 is 17.5 Å². The molecule has 5 fully saturated rings. The van der Waals surface area contributed by atoms with Crippen molar-refractivity contribution in [1.29, 1.82) is 0 Å². The summed E-state index contributed by atoms with van der Waals surface area (Å²) in [5.74, 6) is -1.61. The van der Waals surface area contributed by atoms with Gasteiger partial charge in [-0.2, -0.15) is 0 Å². The average molecular weight is 1540 g/mol. The molecule has 5 N–H and O–H groups in total. The molecule has 2 aliphatic carbocycles. The van der Waals surface area contributed by atoms with Crippen LogP contribution < -0.4 is 55.5 Å². The first-order valence-electron chi connectivity index (χ1n) is 37.7. The lowest BCUT2D eigenvalue weighted by molar-refractivity contribution is 0.0881. The highest BCUT2D eigenvalue weighted by Gasteiger charge is 2.35. The van der Waals surface area contributed by atoms with E-state index in [0.29, 0.717) is 40.1 Å². The number of aromatic nitrogens is 9. The van der Waals surface area contributed by atoms with Gasteiger partial charge in [0.1, 0.15) is 36.4 Å². The zero-order chi connectivity index (χ0) is 79.3. The molecule has 0 unspecified atom stereocenters. The lowest BCUT2D eigenvalue weighted by atomic mass is 10.2. The molecule has 2 saturated carbocycles. The first kappa shape index (κ1) is 75.9. The molecular weight excluding hydrogens is 1460 g/mol. The third kappa shape index (κ3) is 16.1. The van der Waals surface area contributed by atoms with Crippen LogP contribution in [-0.4, -0.2) is 152 Å². The van der Waals surface area contributed by atoms with E-state index in [2.05, 4.69) is 97.7 Å². The summed E-state index contributed by atoms with van der Waals surface area (Å²) in [6.45, 7) is 41.8. The molecule has 27 nitrogen and oxygen atoms in total. The number of benzene rings is 6. The number of hydrogen-bond donors (Lipinski definition) is 5. The summed E-state index contributed by atoms with van der Waals surface area (Å²) >= 11 is 0. The Morgan fingerprint density at radius 2 is 0.746 bits per heavy atom. The number of carbonyl (C=O) groups is 3. The van der Waals surface area contributed by atoms with E-state index in [-0.39, 0.29) is 115 Å². The van der Waals surface area contributed by atoms with Crippen molar-refractivity contribution in [2.24, 2.45) is 11.8 Å². The Bertz CT molecular complexity index is 5780. The van der Waals surface area contributed by atoms with Crippen molar-refractivity contribution in [3.8, 4) is 34.9 Å². The van der Waals surface area contributed by atoms with Gasteiger partial charge in [0.05, 0.1) is 36.3 Å². The Kier molecular flexibility index (Phi) is 22.1. The molecule has 0 atom stereocenters. The molecule has 0 bridgehead atoms. The number of nitrogens with one attached hydrogen (secondary N) is 5. The maximum Gasteiger partial charge on any atom is 0.288 e. The van der Waals surface area contributed by atoms with Crippen LogP contribution in [0.3, 0.4) is 0 Å². The molecule has 12 aromatic rings. The Morgan fingerprint density at radius 1 is 0.439 bits per heavy atom. The van der Waals surface area contributed by atoms with Crippen LogP contribution in [0.2, 0.25) is 0 Å². The van der Waals surface area contributed by atoms with E-state index in [1.165, 1.54) is 41.7 Å². The SMILES string of the molecule is [C-]#[N+]c1c(Nc2ccc(N3CCN(C)CC3)cc2)ncnc1Oc1ccc2c(cc(C)n2C(=O)C2CC2)c1F.[C-]#[N+]c1c(Nc2ccc(N3CCNCC3)cc2)ncnc1Oc1ccc2c(cc(C)n2C(=O)C2CC2)c1F.[C-]#[N+]c1c(Nc2ccc(N3CCNCC3)cc2)ncnc1Oc1ccc2c(cc(C)n2C(=O)CC)c1F. The van der Waals surface area contributed by atoms with Gasteiger partial charge < -0.3 is 60.4 Å². The van der Waals surface area contributed by atoms with Crippen LogP contribution >= 0.6 is 0 Å². The maximum atomic E-state index is 15.5.